The lowest BCUT2D eigenvalue weighted by Gasteiger charge is -2.21. The number of carbonyl (C=O) groups excluding carboxylic acids is 2. The van der Waals surface area contributed by atoms with E-state index in [-0.39, 0.29) is 46.5 Å². The SMILES string of the molecule is CCN(CC)C(=O)c1ccc(Nc2ncc(C(N)=O)c(NC(C)C(C)C)n2)cc1OS(C)(=O)=O. The molecule has 11 nitrogen and oxygen atoms in total. The van der Waals surface area contributed by atoms with Crippen molar-refractivity contribution < 1.29 is 22.2 Å². The molecule has 1 atom stereocenters. The number of benzene rings is 1. The number of primary amides is 1. The summed E-state index contributed by atoms with van der Waals surface area (Å²) >= 11 is 0. The monoisotopic (exact) mass is 492 g/mol. The molecule has 0 aliphatic heterocycles. The van der Waals surface area contributed by atoms with Gasteiger partial charge in [-0.05, 0) is 38.8 Å². The minimum absolute atomic E-state index is 0.000913. The van der Waals surface area contributed by atoms with Crippen LogP contribution in [0.4, 0.5) is 17.5 Å². The van der Waals surface area contributed by atoms with Crippen molar-refractivity contribution in [3.8, 4) is 5.75 Å². The molecule has 1 unspecified atom stereocenters. The van der Waals surface area contributed by atoms with E-state index in [1.807, 2.05) is 34.6 Å². The van der Waals surface area contributed by atoms with Crippen molar-refractivity contribution in [2.24, 2.45) is 11.7 Å². The van der Waals surface area contributed by atoms with E-state index >= 15 is 0 Å². The Morgan fingerprint density at radius 2 is 1.79 bits per heavy atom. The molecule has 0 radical (unpaired) electrons. The average molecular weight is 493 g/mol. The van der Waals surface area contributed by atoms with E-state index in [2.05, 4.69) is 20.6 Å². The quantitative estimate of drug-likeness (QED) is 0.401. The van der Waals surface area contributed by atoms with Crippen molar-refractivity contribution in [1.82, 2.24) is 14.9 Å². The van der Waals surface area contributed by atoms with Crippen molar-refractivity contribution in [3.63, 3.8) is 0 Å². The summed E-state index contributed by atoms with van der Waals surface area (Å²) in [5.41, 5.74) is 6.08. The highest BCUT2D eigenvalue weighted by Crippen LogP contribution is 2.28. The highest BCUT2D eigenvalue weighted by molar-refractivity contribution is 7.86. The van der Waals surface area contributed by atoms with Gasteiger partial charge in [-0.2, -0.15) is 13.4 Å². The number of rotatable bonds is 11. The predicted octanol–water partition coefficient (Wildman–Crippen LogP) is 2.60. The zero-order chi connectivity index (χ0) is 25.6. The van der Waals surface area contributed by atoms with E-state index in [1.54, 1.807) is 11.0 Å². The van der Waals surface area contributed by atoms with Crippen LogP contribution in [0.15, 0.2) is 24.4 Å². The van der Waals surface area contributed by atoms with Gasteiger partial charge in [0.2, 0.25) is 5.95 Å². The van der Waals surface area contributed by atoms with Gasteiger partial charge < -0.3 is 25.5 Å². The minimum Gasteiger partial charge on any atom is -0.382 e. The van der Waals surface area contributed by atoms with Gasteiger partial charge in [0.05, 0.1) is 17.4 Å². The maximum absolute atomic E-state index is 12.8. The maximum atomic E-state index is 12.8. The summed E-state index contributed by atoms with van der Waals surface area (Å²) < 4.78 is 28.7. The zero-order valence-corrected chi connectivity index (χ0v) is 21.1. The van der Waals surface area contributed by atoms with Crippen molar-refractivity contribution in [3.05, 3.63) is 35.5 Å². The Labute approximate surface area is 200 Å². The second kappa shape index (κ2) is 11.1. The van der Waals surface area contributed by atoms with Crippen LogP contribution in [0, 0.1) is 5.92 Å². The normalized spacial score (nSPS) is 12.2. The first-order valence-corrected chi connectivity index (χ1v) is 12.7. The number of carbonyl (C=O) groups is 2. The van der Waals surface area contributed by atoms with E-state index in [4.69, 9.17) is 9.92 Å². The van der Waals surface area contributed by atoms with Crippen LogP contribution in [0.5, 0.6) is 5.75 Å². The molecule has 12 heteroatoms. The van der Waals surface area contributed by atoms with E-state index in [0.29, 0.717) is 18.8 Å². The highest BCUT2D eigenvalue weighted by Gasteiger charge is 2.21. The van der Waals surface area contributed by atoms with Gasteiger partial charge in [-0.15, -0.1) is 0 Å². The third kappa shape index (κ3) is 7.04. The molecule has 0 bridgehead atoms. The summed E-state index contributed by atoms with van der Waals surface area (Å²) in [6.45, 7) is 10.6. The van der Waals surface area contributed by atoms with Crippen LogP contribution in [0.3, 0.4) is 0 Å². The number of nitrogens with zero attached hydrogens (tertiary/aromatic N) is 3. The lowest BCUT2D eigenvalue weighted by atomic mass is 10.1. The molecule has 0 aliphatic carbocycles. The van der Waals surface area contributed by atoms with E-state index < -0.39 is 16.0 Å². The lowest BCUT2D eigenvalue weighted by molar-refractivity contribution is 0.0771. The summed E-state index contributed by atoms with van der Waals surface area (Å²) in [6.07, 6.45) is 2.21. The Morgan fingerprint density at radius 3 is 2.32 bits per heavy atom. The molecule has 0 saturated carbocycles. The summed E-state index contributed by atoms with van der Waals surface area (Å²) in [6, 6.07) is 4.44. The Balaban J connectivity index is 2.45. The summed E-state index contributed by atoms with van der Waals surface area (Å²) in [5, 5.41) is 6.11. The smallest absolute Gasteiger partial charge is 0.306 e. The third-order valence-corrected chi connectivity index (χ3v) is 5.66. The molecule has 4 N–H and O–H groups in total. The number of nitrogens with one attached hydrogen (secondary N) is 2. The molecular weight excluding hydrogens is 460 g/mol. The van der Waals surface area contributed by atoms with Crippen LogP contribution in [0.1, 0.15) is 55.3 Å². The Kier molecular flexibility index (Phi) is 8.80. The maximum Gasteiger partial charge on any atom is 0.306 e. The van der Waals surface area contributed by atoms with Crippen LogP contribution in [-0.2, 0) is 10.1 Å². The third-order valence-electron chi connectivity index (χ3n) is 5.18. The Bertz CT molecular complexity index is 1150. The van der Waals surface area contributed by atoms with Gasteiger partial charge in [-0.1, -0.05) is 13.8 Å². The molecule has 1 heterocycles. The molecule has 0 spiro atoms. The zero-order valence-electron chi connectivity index (χ0n) is 20.2. The number of nitrogens with two attached hydrogens (primary N) is 1. The topological polar surface area (TPSA) is 157 Å². The first-order chi connectivity index (χ1) is 15.9. The summed E-state index contributed by atoms with van der Waals surface area (Å²) in [5.74, 6) is -0.480. The van der Waals surface area contributed by atoms with Gasteiger partial charge in [0.25, 0.3) is 11.8 Å². The molecular formula is C22H32N6O5S. The molecule has 2 aromatic rings. The average Bonchev–Trinajstić information content (AvgIpc) is 2.73. The molecule has 2 amide bonds. The Morgan fingerprint density at radius 1 is 1.15 bits per heavy atom. The van der Waals surface area contributed by atoms with E-state index in [0.717, 1.165) is 6.26 Å². The molecule has 1 aromatic heterocycles. The number of anilines is 3. The Hall–Kier alpha value is -3.41. The van der Waals surface area contributed by atoms with Crippen LogP contribution in [0.25, 0.3) is 0 Å². The molecule has 0 aliphatic rings. The van der Waals surface area contributed by atoms with Crippen LogP contribution in [-0.4, -0.2) is 60.5 Å². The van der Waals surface area contributed by atoms with Crippen LogP contribution in [0.2, 0.25) is 0 Å². The predicted molar refractivity (Wildman–Crippen MR) is 131 cm³/mol. The van der Waals surface area contributed by atoms with Gasteiger partial charge >= 0.3 is 10.1 Å². The van der Waals surface area contributed by atoms with Crippen molar-refractivity contribution in [1.29, 1.82) is 0 Å². The van der Waals surface area contributed by atoms with Gasteiger partial charge in [0, 0.05) is 37.1 Å². The van der Waals surface area contributed by atoms with Gasteiger partial charge in [0.15, 0.2) is 5.75 Å². The number of hydrogen-bond acceptors (Lipinski definition) is 9. The summed E-state index contributed by atoms with van der Waals surface area (Å²) in [4.78, 5) is 34.7. The van der Waals surface area contributed by atoms with Crippen molar-refractivity contribution in [2.75, 3.05) is 30.0 Å². The fraction of sp³-hybridized carbons (Fsp3) is 0.455. The van der Waals surface area contributed by atoms with Crippen LogP contribution < -0.4 is 20.6 Å². The molecule has 2 rings (SSSR count). The van der Waals surface area contributed by atoms with Gasteiger partial charge in [-0.3, -0.25) is 9.59 Å². The van der Waals surface area contributed by atoms with Crippen molar-refractivity contribution >= 4 is 39.4 Å². The second-order valence-corrected chi connectivity index (χ2v) is 9.67. The first-order valence-electron chi connectivity index (χ1n) is 10.9. The van der Waals surface area contributed by atoms with Crippen molar-refractivity contribution in [2.45, 2.75) is 40.7 Å². The fourth-order valence-corrected chi connectivity index (χ4v) is 3.40. The molecule has 186 valence electrons. The molecule has 0 saturated heterocycles. The number of hydrogen-bond donors (Lipinski definition) is 3. The molecule has 0 fully saturated rings. The summed E-state index contributed by atoms with van der Waals surface area (Å²) in [7, 11) is -3.90. The largest absolute Gasteiger partial charge is 0.382 e. The first kappa shape index (κ1) is 26.8. The van der Waals surface area contributed by atoms with Crippen LogP contribution >= 0.6 is 0 Å². The van der Waals surface area contributed by atoms with E-state index in [9.17, 15) is 18.0 Å². The minimum atomic E-state index is -3.90. The number of amides is 2. The highest BCUT2D eigenvalue weighted by atomic mass is 32.2. The molecule has 34 heavy (non-hydrogen) atoms. The molecule has 1 aromatic carbocycles. The van der Waals surface area contributed by atoms with E-state index in [1.165, 1.54) is 18.3 Å². The fourth-order valence-electron chi connectivity index (χ4n) is 2.93. The standard InChI is InChI=1S/C22H32N6O5S/c1-7-28(8-2)21(30)16-10-9-15(11-18(16)33-34(6,31)32)26-22-24-12-17(19(23)29)20(27-22)25-14(5)13(3)4/h9-14H,7-8H2,1-6H3,(H2,23,29)(H2,24,25,26,27). The van der Waals surface area contributed by atoms with Gasteiger partial charge in [0.1, 0.15) is 5.82 Å². The second-order valence-electron chi connectivity index (χ2n) is 8.10. The number of aromatic nitrogens is 2. The lowest BCUT2D eigenvalue weighted by Crippen LogP contribution is -2.31. The van der Waals surface area contributed by atoms with Gasteiger partial charge in [-0.25, -0.2) is 4.98 Å².